The third-order valence-electron chi connectivity index (χ3n) is 10.7. The molecule has 10 aromatic rings. The van der Waals surface area contributed by atoms with Crippen LogP contribution in [0.5, 0.6) is 0 Å². The first kappa shape index (κ1) is 29.5. The van der Waals surface area contributed by atoms with Crippen LogP contribution >= 0.6 is 0 Å². The topological polar surface area (TPSA) is 4.93 Å². The molecule has 1 heteroatoms. The van der Waals surface area contributed by atoms with Crippen molar-refractivity contribution in [3.05, 3.63) is 188 Å². The number of aromatic nitrogens is 1. The van der Waals surface area contributed by atoms with Gasteiger partial charge < -0.3 is 4.57 Å². The first-order valence-electron chi connectivity index (χ1n) is 17.9. The maximum Gasteiger partial charge on any atom is 0.0541 e. The lowest BCUT2D eigenvalue weighted by atomic mass is 9.83. The molecular formula is C50H35N. The van der Waals surface area contributed by atoms with Crippen molar-refractivity contribution in [3.8, 4) is 39.1 Å². The minimum atomic E-state index is 1.02. The van der Waals surface area contributed by atoms with Gasteiger partial charge in [0.15, 0.2) is 0 Å². The molecule has 0 amide bonds. The zero-order chi connectivity index (χ0) is 33.9. The predicted molar refractivity (Wildman–Crippen MR) is 219 cm³/mol. The molecule has 0 unspecified atom stereocenters. The van der Waals surface area contributed by atoms with E-state index in [1.54, 1.807) is 0 Å². The molecule has 1 aromatic heterocycles. The van der Waals surface area contributed by atoms with Gasteiger partial charge in [0.05, 0.1) is 16.7 Å². The fraction of sp³-hybridized carbons (Fsp3) is 0.0400. The van der Waals surface area contributed by atoms with E-state index in [0.29, 0.717) is 0 Å². The highest BCUT2D eigenvalue weighted by Crippen LogP contribution is 2.47. The summed E-state index contributed by atoms with van der Waals surface area (Å²) in [5.74, 6) is 0. The second kappa shape index (κ2) is 11.9. The Hall–Kier alpha value is -6.44. The minimum Gasteiger partial charge on any atom is -0.309 e. The second-order valence-corrected chi connectivity index (χ2v) is 13.5. The molecule has 0 aliphatic heterocycles. The van der Waals surface area contributed by atoms with E-state index in [2.05, 4.69) is 193 Å². The third-order valence-corrected chi connectivity index (χ3v) is 10.7. The molecule has 10 rings (SSSR count). The number of fused-ring (bicyclic) bond motifs is 6. The molecule has 1 heterocycles. The summed E-state index contributed by atoms with van der Waals surface area (Å²) in [4.78, 5) is 0. The van der Waals surface area contributed by atoms with Crippen LogP contribution < -0.4 is 0 Å². The lowest BCUT2D eigenvalue weighted by Crippen LogP contribution is -1.97. The van der Waals surface area contributed by atoms with Crippen LogP contribution in [0, 0.1) is 0 Å². The first-order chi connectivity index (χ1) is 25.3. The van der Waals surface area contributed by atoms with Gasteiger partial charge in [-0.05, 0) is 96.6 Å². The highest BCUT2D eigenvalue weighted by atomic mass is 15.0. The van der Waals surface area contributed by atoms with Crippen molar-refractivity contribution in [2.75, 3.05) is 0 Å². The average Bonchev–Trinajstić information content (AvgIpc) is 3.54. The summed E-state index contributed by atoms with van der Waals surface area (Å²) in [5, 5.41) is 10.1. The smallest absolute Gasteiger partial charge is 0.0541 e. The Labute approximate surface area is 297 Å². The molecule has 0 saturated carbocycles. The van der Waals surface area contributed by atoms with Crippen LogP contribution in [0.15, 0.2) is 182 Å². The standard InChI is InChI=1S/C50H35N/c1-2-33-15-14-18-35(31-33)36-27-28-44-45(32-36)49(34-16-4-3-5-17-34)41-23-8-9-24-42(41)50(44)43-29-30-48(38-20-7-6-19-37(38)43)51-46-25-12-10-21-39(46)40-22-11-13-26-47(40)51/h3-32H,2H2,1H3. The quantitative estimate of drug-likeness (QED) is 0.164. The Morgan fingerprint density at radius 2 is 0.902 bits per heavy atom. The van der Waals surface area contributed by atoms with Crippen molar-refractivity contribution >= 4 is 54.1 Å². The molecule has 1 nitrogen and oxygen atoms in total. The lowest BCUT2D eigenvalue weighted by Gasteiger charge is -2.21. The summed E-state index contributed by atoms with van der Waals surface area (Å²) in [7, 11) is 0. The van der Waals surface area contributed by atoms with Crippen molar-refractivity contribution in [2.24, 2.45) is 0 Å². The molecular weight excluding hydrogens is 615 g/mol. The Balaban J connectivity index is 1.31. The number of rotatable bonds is 5. The van der Waals surface area contributed by atoms with Gasteiger partial charge in [-0.3, -0.25) is 0 Å². The van der Waals surface area contributed by atoms with Crippen molar-refractivity contribution in [3.63, 3.8) is 0 Å². The Morgan fingerprint density at radius 1 is 0.353 bits per heavy atom. The van der Waals surface area contributed by atoms with Gasteiger partial charge in [0.25, 0.3) is 0 Å². The van der Waals surface area contributed by atoms with E-state index >= 15 is 0 Å². The molecule has 240 valence electrons. The molecule has 0 aliphatic rings. The molecule has 9 aromatic carbocycles. The number of para-hydroxylation sites is 2. The summed E-state index contributed by atoms with van der Waals surface area (Å²) in [6, 6.07) is 67.2. The molecule has 0 bridgehead atoms. The van der Waals surface area contributed by atoms with Crippen LogP contribution in [0.2, 0.25) is 0 Å². The second-order valence-electron chi connectivity index (χ2n) is 13.5. The SMILES string of the molecule is CCc1cccc(-c2ccc3c(-c4ccc(-n5c6ccccc6c6ccccc65)c5ccccc45)c4ccccc4c(-c4ccccc4)c3c2)c1. The summed E-state index contributed by atoms with van der Waals surface area (Å²) in [5.41, 5.74) is 12.5. The van der Waals surface area contributed by atoms with Crippen LogP contribution in [0.4, 0.5) is 0 Å². The van der Waals surface area contributed by atoms with Crippen molar-refractivity contribution in [1.29, 1.82) is 0 Å². The monoisotopic (exact) mass is 649 g/mol. The normalized spacial score (nSPS) is 11.7. The van der Waals surface area contributed by atoms with Crippen LogP contribution in [0.1, 0.15) is 12.5 Å². The zero-order valence-corrected chi connectivity index (χ0v) is 28.5. The summed E-state index contributed by atoms with van der Waals surface area (Å²) < 4.78 is 2.45. The maximum absolute atomic E-state index is 2.45. The van der Waals surface area contributed by atoms with Gasteiger partial charge in [0.1, 0.15) is 0 Å². The molecule has 0 N–H and O–H groups in total. The van der Waals surface area contributed by atoms with E-state index in [9.17, 15) is 0 Å². The van der Waals surface area contributed by atoms with Crippen LogP contribution in [-0.2, 0) is 6.42 Å². The van der Waals surface area contributed by atoms with Gasteiger partial charge in [-0.15, -0.1) is 0 Å². The van der Waals surface area contributed by atoms with Gasteiger partial charge in [0.2, 0.25) is 0 Å². The largest absolute Gasteiger partial charge is 0.309 e. The number of nitrogens with zero attached hydrogens (tertiary/aromatic N) is 1. The van der Waals surface area contributed by atoms with Crippen molar-refractivity contribution < 1.29 is 0 Å². The van der Waals surface area contributed by atoms with Gasteiger partial charge in [-0.1, -0.05) is 165 Å². The molecule has 0 radical (unpaired) electrons. The molecule has 0 spiro atoms. The molecule has 0 aliphatic carbocycles. The zero-order valence-electron chi connectivity index (χ0n) is 28.5. The van der Waals surface area contributed by atoms with Crippen LogP contribution in [0.3, 0.4) is 0 Å². The minimum absolute atomic E-state index is 1.02. The predicted octanol–water partition coefficient (Wildman–Crippen LogP) is 13.8. The van der Waals surface area contributed by atoms with E-state index in [-0.39, 0.29) is 0 Å². The van der Waals surface area contributed by atoms with E-state index in [1.165, 1.54) is 98.8 Å². The number of benzene rings is 9. The number of hydrogen-bond donors (Lipinski definition) is 0. The fourth-order valence-electron chi connectivity index (χ4n) is 8.41. The third kappa shape index (κ3) is 4.62. The summed E-state index contributed by atoms with van der Waals surface area (Å²) >= 11 is 0. The van der Waals surface area contributed by atoms with Crippen LogP contribution in [-0.4, -0.2) is 4.57 Å². The van der Waals surface area contributed by atoms with Crippen molar-refractivity contribution in [2.45, 2.75) is 13.3 Å². The first-order valence-corrected chi connectivity index (χ1v) is 17.9. The van der Waals surface area contributed by atoms with Gasteiger partial charge in [-0.2, -0.15) is 0 Å². The number of aryl methyl sites for hydroxylation is 1. The van der Waals surface area contributed by atoms with Gasteiger partial charge >= 0.3 is 0 Å². The number of hydrogen-bond acceptors (Lipinski definition) is 0. The van der Waals surface area contributed by atoms with E-state index in [0.717, 1.165) is 6.42 Å². The Kier molecular flexibility index (Phi) is 6.85. The van der Waals surface area contributed by atoms with E-state index in [4.69, 9.17) is 0 Å². The highest BCUT2D eigenvalue weighted by Gasteiger charge is 2.21. The Morgan fingerprint density at radius 3 is 1.61 bits per heavy atom. The average molecular weight is 650 g/mol. The van der Waals surface area contributed by atoms with Gasteiger partial charge in [0, 0.05) is 16.2 Å². The summed E-state index contributed by atoms with van der Waals surface area (Å²) in [6.07, 6.45) is 1.02. The summed E-state index contributed by atoms with van der Waals surface area (Å²) in [6.45, 7) is 2.22. The van der Waals surface area contributed by atoms with E-state index in [1.807, 2.05) is 0 Å². The van der Waals surface area contributed by atoms with Crippen molar-refractivity contribution in [1.82, 2.24) is 4.57 Å². The fourth-order valence-corrected chi connectivity index (χ4v) is 8.41. The maximum atomic E-state index is 2.45. The lowest BCUT2D eigenvalue weighted by molar-refractivity contribution is 1.14. The molecule has 0 fully saturated rings. The van der Waals surface area contributed by atoms with Gasteiger partial charge in [-0.25, -0.2) is 0 Å². The molecule has 51 heavy (non-hydrogen) atoms. The van der Waals surface area contributed by atoms with Crippen LogP contribution in [0.25, 0.3) is 93.2 Å². The molecule has 0 atom stereocenters. The molecule has 0 saturated heterocycles. The van der Waals surface area contributed by atoms with E-state index < -0.39 is 0 Å². The Bertz CT molecular complexity index is 2890. The highest BCUT2D eigenvalue weighted by molar-refractivity contribution is 6.24.